The fourth-order valence-electron chi connectivity index (χ4n) is 5.27. The van der Waals surface area contributed by atoms with Crippen LogP contribution < -0.4 is 14.9 Å². The average Bonchev–Trinajstić information content (AvgIpc) is 3.22. The van der Waals surface area contributed by atoms with Gasteiger partial charge in [0.1, 0.15) is 5.58 Å². The lowest BCUT2D eigenvalue weighted by atomic mass is 9.98. The zero-order chi connectivity index (χ0) is 27.4. The molecule has 2 aliphatic rings. The summed E-state index contributed by atoms with van der Waals surface area (Å²) >= 11 is 3.46. The van der Waals surface area contributed by atoms with Gasteiger partial charge in [-0.2, -0.15) is 0 Å². The van der Waals surface area contributed by atoms with E-state index in [0.29, 0.717) is 47.8 Å². The quantitative estimate of drug-likeness (QED) is 0.273. The molecule has 1 aromatic heterocycles. The molecule has 3 aromatic rings. The fraction of sp³-hybridized carbons (Fsp3) is 0.467. The van der Waals surface area contributed by atoms with Gasteiger partial charge >= 0.3 is 0 Å². The molecule has 2 aromatic carbocycles. The molecule has 8 nitrogen and oxygen atoms in total. The van der Waals surface area contributed by atoms with E-state index < -0.39 is 6.04 Å². The summed E-state index contributed by atoms with van der Waals surface area (Å²) in [6.07, 6.45) is 2.74. The van der Waals surface area contributed by atoms with E-state index in [9.17, 15) is 9.59 Å². The minimum absolute atomic E-state index is 0.118. The van der Waals surface area contributed by atoms with Crippen molar-refractivity contribution in [2.24, 2.45) is 0 Å². The zero-order valence-corrected chi connectivity index (χ0v) is 24.1. The van der Waals surface area contributed by atoms with Crippen LogP contribution in [-0.2, 0) is 4.74 Å². The van der Waals surface area contributed by atoms with Gasteiger partial charge in [-0.1, -0.05) is 35.3 Å². The molecule has 0 saturated carbocycles. The minimum atomic E-state index is -0.583. The van der Waals surface area contributed by atoms with Crippen LogP contribution in [0, 0.1) is 0 Å². The van der Waals surface area contributed by atoms with Gasteiger partial charge in [-0.05, 0) is 55.7 Å². The van der Waals surface area contributed by atoms with Crippen LogP contribution in [0.1, 0.15) is 60.8 Å². The van der Waals surface area contributed by atoms with Crippen molar-refractivity contribution in [1.82, 2.24) is 9.80 Å². The molecule has 0 spiro atoms. The molecule has 9 heteroatoms. The second kappa shape index (κ2) is 12.5. The van der Waals surface area contributed by atoms with Crippen molar-refractivity contribution in [1.29, 1.82) is 0 Å². The Balaban J connectivity index is 1.54. The number of amides is 1. The molecule has 3 heterocycles. The minimum Gasteiger partial charge on any atom is -0.490 e. The maximum Gasteiger partial charge on any atom is 0.290 e. The van der Waals surface area contributed by atoms with E-state index in [2.05, 4.69) is 27.8 Å². The standard InChI is InChI=1S/C30H35BrN2O6/c1-3-5-15-38-24-9-7-20(18-25(24)37-4-2)27-26-28(34)22-19-21(31)8-10-23(22)39-29(26)30(35)33(27)12-6-11-32-13-16-36-17-14-32/h7-10,18-19,27H,3-6,11-17H2,1-2H3. The number of benzene rings is 2. The number of carbonyl (C=O) groups excluding carboxylic acids is 1. The third-order valence-corrected chi connectivity index (χ3v) is 7.74. The molecular formula is C30H35BrN2O6. The van der Waals surface area contributed by atoms with Gasteiger partial charge < -0.3 is 23.5 Å². The van der Waals surface area contributed by atoms with E-state index in [1.165, 1.54) is 0 Å². The number of fused-ring (bicyclic) bond motifs is 2. The van der Waals surface area contributed by atoms with Crippen LogP contribution in [0.25, 0.3) is 11.0 Å². The Morgan fingerprint density at radius 2 is 1.79 bits per heavy atom. The normalized spacial score (nSPS) is 17.6. The molecule has 1 amide bonds. The second-order valence-electron chi connectivity index (χ2n) is 9.86. The van der Waals surface area contributed by atoms with E-state index in [1.807, 2.05) is 25.1 Å². The first-order valence-corrected chi connectivity index (χ1v) is 14.6. The summed E-state index contributed by atoms with van der Waals surface area (Å²) in [4.78, 5) is 31.8. The third kappa shape index (κ3) is 5.85. The Morgan fingerprint density at radius 3 is 2.56 bits per heavy atom. The van der Waals surface area contributed by atoms with Gasteiger partial charge in [0.05, 0.1) is 43.4 Å². The van der Waals surface area contributed by atoms with Gasteiger partial charge in [-0.15, -0.1) is 0 Å². The highest BCUT2D eigenvalue weighted by Crippen LogP contribution is 2.41. The topological polar surface area (TPSA) is 81.5 Å². The number of rotatable bonds is 11. The number of hydrogen-bond acceptors (Lipinski definition) is 7. The molecule has 208 valence electrons. The Labute approximate surface area is 236 Å². The maximum atomic E-state index is 13.9. The highest BCUT2D eigenvalue weighted by molar-refractivity contribution is 9.10. The van der Waals surface area contributed by atoms with Gasteiger partial charge in [0.2, 0.25) is 5.76 Å². The molecule has 1 atom stereocenters. The smallest absolute Gasteiger partial charge is 0.290 e. The molecule has 0 N–H and O–H groups in total. The predicted octanol–water partition coefficient (Wildman–Crippen LogP) is 5.40. The van der Waals surface area contributed by atoms with E-state index in [0.717, 1.165) is 62.1 Å². The molecule has 39 heavy (non-hydrogen) atoms. The molecule has 2 aliphatic heterocycles. The van der Waals surface area contributed by atoms with Crippen molar-refractivity contribution >= 4 is 32.8 Å². The Hall–Kier alpha value is -2.88. The van der Waals surface area contributed by atoms with Crippen LogP contribution in [0.4, 0.5) is 0 Å². The van der Waals surface area contributed by atoms with Crippen molar-refractivity contribution in [3.63, 3.8) is 0 Å². The first-order valence-electron chi connectivity index (χ1n) is 13.8. The van der Waals surface area contributed by atoms with Crippen LogP contribution in [0.2, 0.25) is 0 Å². The summed E-state index contributed by atoms with van der Waals surface area (Å²) in [6, 6.07) is 10.4. The van der Waals surface area contributed by atoms with E-state index in [-0.39, 0.29) is 17.1 Å². The largest absolute Gasteiger partial charge is 0.490 e. The summed E-state index contributed by atoms with van der Waals surface area (Å²) in [5, 5.41) is 0.445. The van der Waals surface area contributed by atoms with Crippen molar-refractivity contribution in [2.45, 2.75) is 39.2 Å². The van der Waals surface area contributed by atoms with Crippen LogP contribution in [-0.4, -0.2) is 68.3 Å². The van der Waals surface area contributed by atoms with Gasteiger partial charge in [-0.25, -0.2) is 0 Å². The Kier molecular flexibility index (Phi) is 8.89. The molecule has 0 aliphatic carbocycles. The van der Waals surface area contributed by atoms with E-state index in [1.54, 1.807) is 23.1 Å². The summed E-state index contributed by atoms with van der Waals surface area (Å²) in [6.45, 7) is 9.67. The lowest BCUT2D eigenvalue weighted by Crippen LogP contribution is -2.38. The molecule has 0 bridgehead atoms. The van der Waals surface area contributed by atoms with Crippen LogP contribution >= 0.6 is 15.9 Å². The monoisotopic (exact) mass is 598 g/mol. The van der Waals surface area contributed by atoms with Gasteiger partial charge in [0.15, 0.2) is 16.9 Å². The highest BCUT2D eigenvalue weighted by atomic mass is 79.9. The van der Waals surface area contributed by atoms with Gasteiger partial charge in [-0.3, -0.25) is 14.5 Å². The van der Waals surface area contributed by atoms with Crippen LogP contribution in [0.5, 0.6) is 11.5 Å². The zero-order valence-electron chi connectivity index (χ0n) is 22.5. The lowest BCUT2D eigenvalue weighted by molar-refractivity contribution is 0.0353. The van der Waals surface area contributed by atoms with Crippen LogP contribution in [0.3, 0.4) is 0 Å². The number of morpholine rings is 1. The second-order valence-corrected chi connectivity index (χ2v) is 10.8. The third-order valence-electron chi connectivity index (χ3n) is 7.24. The summed E-state index contributed by atoms with van der Waals surface area (Å²) in [7, 11) is 0. The van der Waals surface area contributed by atoms with Gasteiger partial charge in [0.25, 0.3) is 5.91 Å². The summed E-state index contributed by atoms with van der Waals surface area (Å²) < 4.78 is 24.3. The molecule has 1 unspecified atom stereocenters. The molecule has 1 saturated heterocycles. The van der Waals surface area contributed by atoms with Crippen LogP contribution in [0.15, 0.2) is 50.1 Å². The number of nitrogens with zero attached hydrogens (tertiary/aromatic N) is 2. The van der Waals surface area contributed by atoms with E-state index >= 15 is 0 Å². The number of hydrogen-bond donors (Lipinski definition) is 0. The summed E-state index contributed by atoms with van der Waals surface area (Å²) in [5.41, 5.74) is 1.38. The Bertz CT molecular complexity index is 1380. The van der Waals surface area contributed by atoms with Crippen molar-refractivity contribution < 1.29 is 23.4 Å². The molecular weight excluding hydrogens is 564 g/mol. The number of unbranched alkanes of at least 4 members (excludes halogenated alkanes) is 1. The molecule has 5 rings (SSSR count). The number of ether oxygens (including phenoxy) is 3. The van der Waals surface area contributed by atoms with Crippen molar-refractivity contribution in [3.05, 3.63) is 68.0 Å². The average molecular weight is 600 g/mol. The fourth-order valence-corrected chi connectivity index (χ4v) is 5.63. The number of carbonyl (C=O) groups is 1. The first kappa shape index (κ1) is 27.7. The molecule has 1 fully saturated rings. The van der Waals surface area contributed by atoms with E-state index in [4.69, 9.17) is 18.6 Å². The van der Waals surface area contributed by atoms with Crippen molar-refractivity contribution in [3.8, 4) is 11.5 Å². The number of halogens is 1. The van der Waals surface area contributed by atoms with Crippen molar-refractivity contribution in [2.75, 3.05) is 52.6 Å². The maximum absolute atomic E-state index is 13.9. The highest BCUT2D eigenvalue weighted by Gasteiger charge is 2.42. The lowest BCUT2D eigenvalue weighted by Gasteiger charge is -2.29. The summed E-state index contributed by atoms with van der Waals surface area (Å²) in [5.74, 6) is 1.12. The van der Waals surface area contributed by atoms with Gasteiger partial charge in [0, 0.05) is 30.7 Å². The Morgan fingerprint density at radius 1 is 0.974 bits per heavy atom. The predicted molar refractivity (Wildman–Crippen MR) is 153 cm³/mol. The molecule has 0 radical (unpaired) electrons. The SMILES string of the molecule is CCCCOc1ccc(C2c3c(oc4ccc(Br)cc4c3=O)C(=O)N2CCCN2CCOCC2)cc1OCC. The first-order chi connectivity index (χ1) is 19.0.